The Bertz CT molecular complexity index is 1340. The molecular weight excluding hydrogens is 544 g/mol. The Hall–Kier alpha value is -3.29. The quantitative estimate of drug-likeness (QED) is 0.227. The number of benzene rings is 3. The van der Waals surface area contributed by atoms with Crippen molar-refractivity contribution in [2.45, 2.75) is 55.9 Å². The largest absolute Gasteiger partial charge is 0.493 e. The topological polar surface area (TPSA) is 52.2 Å². The van der Waals surface area contributed by atoms with Crippen LogP contribution in [0.3, 0.4) is 0 Å². The zero-order valence-electron chi connectivity index (χ0n) is 25.4. The zero-order chi connectivity index (χ0) is 29.4. The van der Waals surface area contributed by atoms with Gasteiger partial charge in [0.2, 0.25) is 0 Å². The Morgan fingerprint density at radius 3 is 1.93 bits per heavy atom. The van der Waals surface area contributed by atoms with E-state index in [1.54, 1.807) is 28.4 Å². The summed E-state index contributed by atoms with van der Waals surface area (Å²) in [5.74, 6) is 3.07. The van der Waals surface area contributed by atoms with Crippen molar-refractivity contribution >= 4 is 11.8 Å². The standard InChI is InChI=1S/C35H44N2O4S/c1-38-29-15-13-26(23-31(29)40-3)17-21-36-34-37(22-18-27-14-16-30(39-2)32(24-27)41-4)33(25-42-34)35(19-9-6-10-20-35)28-11-7-5-8-12-28/h5,7-8,11-16,23-25,34,36H,6,9-10,17-22H2,1-4H3. The first kappa shape index (κ1) is 30.2. The van der Waals surface area contributed by atoms with Gasteiger partial charge in [0.15, 0.2) is 23.0 Å². The molecule has 1 N–H and O–H groups in total. The molecule has 1 heterocycles. The van der Waals surface area contributed by atoms with Gasteiger partial charge in [-0.3, -0.25) is 5.32 Å². The van der Waals surface area contributed by atoms with E-state index in [-0.39, 0.29) is 10.9 Å². The molecule has 0 radical (unpaired) electrons. The molecule has 1 unspecified atom stereocenters. The van der Waals surface area contributed by atoms with Gasteiger partial charge in [-0.05, 0) is 72.0 Å². The summed E-state index contributed by atoms with van der Waals surface area (Å²) in [6, 6.07) is 23.6. The minimum Gasteiger partial charge on any atom is -0.493 e. The monoisotopic (exact) mass is 588 g/mol. The van der Waals surface area contributed by atoms with Gasteiger partial charge in [-0.1, -0.05) is 73.5 Å². The van der Waals surface area contributed by atoms with Gasteiger partial charge in [0, 0.05) is 24.2 Å². The van der Waals surface area contributed by atoms with Crippen LogP contribution in [0.4, 0.5) is 0 Å². The number of thioether (sulfide) groups is 1. The van der Waals surface area contributed by atoms with Crippen molar-refractivity contribution in [3.63, 3.8) is 0 Å². The lowest BCUT2D eigenvalue weighted by Gasteiger charge is -2.44. The van der Waals surface area contributed by atoms with Gasteiger partial charge in [-0.25, -0.2) is 0 Å². The number of hydrogen-bond donors (Lipinski definition) is 1. The molecule has 1 fully saturated rings. The molecule has 2 aliphatic rings. The second-order valence-corrected chi connectivity index (χ2v) is 12.0. The molecule has 0 amide bonds. The van der Waals surface area contributed by atoms with E-state index in [1.165, 1.54) is 54.5 Å². The van der Waals surface area contributed by atoms with Crippen LogP contribution in [0.25, 0.3) is 0 Å². The van der Waals surface area contributed by atoms with E-state index in [0.717, 1.165) is 48.9 Å². The number of rotatable bonds is 13. The molecule has 3 aromatic rings. The Kier molecular flexibility index (Phi) is 10.2. The Labute approximate surface area is 255 Å². The highest BCUT2D eigenvalue weighted by Crippen LogP contribution is 2.50. The van der Waals surface area contributed by atoms with Crippen molar-refractivity contribution < 1.29 is 18.9 Å². The second kappa shape index (κ2) is 14.3. The highest BCUT2D eigenvalue weighted by atomic mass is 32.2. The lowest BCUT2D eigenvalue weighted by atomic mass is 9.67. The lowest BCUT2D eigenvalue weighted by molar-refractivity contribution is 0.216. The fourth-order valence-electron chi connectivity index (χ4n) is 6.45. The first-order valence-corrected chi connectivity index (χ1v) is 15.9. The summed E-state index contributed by atoms with van der Waals surface area (Å²) in [7, 11) is 6.74. The van der Waals surface area contributed by atoms with Gasteiger partial charge >= 0.3 is 0 Å². The summed E-state index contributed by atoms with van der Waals surface area (Å²) in [4.78, 5) is 2.63. The molecule has 6 nitrogen and oxygen atoms in total. The van der Waals surface area contributed by atoms with Crippen LogP contribution >= 0.6 is 11.8 Å². The number of allylic oxidation sites excluding steroid dienone is 1. The van der Waals surface area contributed by atoms with Crippen molar-refractivity contribution in [3.8, 4) is 23.0 Å². The van der Waals surface area contributed by atoms with Crippen LogP contribution in [0.15, 0.2) is 77.8 Å². The molecule has 0 bridgehead atoms. The molecule has 1 atom stereocenters. The predicted octanol–water partition coefficient (Wildman–Crippen LogP) is 7.17. The lowest BCUT2D eigenvalue weighted by Crippen LogP contribution is -2.47. The molecule has 1 aliphatic heterocycles. The van der Waals surface area contributed by atoms with Crippen LogP contribution in [0.5, 0.6) is 23.0 Å². The molecule has 1 saturated carbocycles. The number of ether oxygens (including phenoxy) is 4. The SMILES string of the molecule is COc1ccc(CCNC2SC=C(C3(c4ccccc4)CCCCC3)N2CCc2ccc(OC)c(OC)c2)cc1OC. The molecule has 224 valence electrons. The van der Waals surface area contributed by atoms with Crippen molar-refractivity contribution in [1.82, 2.24) is 10.2 Å². The van der Waals surface area contributed by atoms with Gasteiger partial charge in [-0.15, -0.1) is 0 Å². The van der Waals surface area contributed by atoms with Gasteiger partial charge in [-0.2, -0.15) is 0 Å². The smallest absolute Gasteiger partial charge is 0.160 e. The molecule has 0 saturated heterocycles. The van der Waals surface area contributed by atoms with Crippen LogP contribution in [-0.4, -0.2) is 51.9 Å². The van der Waals surface area contributed by atoms with Gasteiger partial charge in [0.25, 0.3) is 0 Å². The van der Waals surface area contributed by atoms with E-state index in [9.17, 15) is 0 Å². The highest BCUT2D eigenvalue weighted by molar-refractivity contribution is 8.02. The zero-order valence-corrected chi connectivity index (χ0v) is 26.2. The highest BCUT2D eigenvalue weighted by Gasteiger charge is 2.43. The number of hydrogen-bond acceptors (Lipinski definition) is 7. The predicted molar refractivity (Wildman–Crippen MR) is 172 cm³/mol. The summed E-state index contributed by atoms with van der Waals surface area (Å²) >= 11 is 1.91. The van der Waals surface area contributed by atoms with Gasteiger partial charge in [0.1, 0.15) is 5.50 Å². The van der Waals surface area contributed by atoms with E-state index in [4.69, 9.17) is 18.9 Å². The van der Waals surface area contributed by atoms with E-state index in [0.29, 0.717) is 0 Å². The molecule has 0 aromatic heterocycles. The minimum absolute atomic E-state index is 0.0455. The van der Waals surface area contributed by atoms with E-state index >= 15 is 0 Å². The molecule has 42 heavy (non-hydrogen) atoms. The number of nitrogens with zero attached hydrogens (tertiary/aromatic N) is 1. The van der Waals surface area contributed by atoms with Crippen LogP contribution in [0.1, 0.15) is 48.8 Å². The van der Waals surface area contributed by atoms with Crippen molar-refractivity contribution in [1.29, 1.82) is 0 Å². The van der Waals surface area contributed by atoms with Crippen molar-refractivity contribution in [2.75, 3.05) is 41.5 Å². The van der Waals surface area contributed by atoms with E-state index < -0.39 is 0 Å². The van der Waals surface area contributed by atoms with Gasteiger partial charge < -0.3 is 23.8 Å². The Balaban J connectivity index is 1.37. The molecule has 7 heteroatoms. The maximum atomic E-state index is 5.60. The molecule has 3 aromatic carbocycles. The summed E-state index contributed by atoms with van der Waals surface area (Å²) in [5.41, 5.74) is 5.58. The third-order valence-electron chi connectivity index (χ3n) is 8.69. The number of methoxy groups -OCH3 is 4. The fraction of sp³-hybridized carbons (Fsp3) is 0.429. The maximum absolute atomic E-state index is 5.60. The summed E-state index contributed by atoms with van der Waals surface area (Å²) in [5, 5.41) is 6.33. The first-order valence-electron chi connectivity index (χ1n) is 15.0. The maximum Gasteiger partial charge on any atom is 0.160 e. The fourth-order valence-corrected chi connectivity index (χ4v) is 7.65. The minimum atomic E-state index is 0.0455. The average molecular weight is 589 g/mol. The van der Waals surface area contributed by atoms with Crippen molar-refractivity contribution in [3.05, 3.63) is 94.5 Å². The Morgan fingerprint density at radius 1 is 0.738 bits per heavy atom. The third kappa shape index (κ3) is 6.52. The van der Waals surface area contributed by atoms with Gasteiger partial charge in [0.05, 0.1) is 28.4 Å². The van der Waals surface area contributed by atoms with E-state index in [2.05, 4.69) is 70.2 Å². The second-order valence-electron chi connectivity index (χ2n) is 11.0. The summed E-state index contributed by atoms with van der Waals surface area (Å²) in [6.45, 7) is 1.77. The average Bonchev–Trinajstić information content (AvgIpc) is 3.47. The molecule has 1 aliphatic carbocycles. The molecule has 5 rings (SSSR count). The van der Waals surface area contributed by atoms with Crippen LogP contribution in [0.2, 0.25) is 0 Å². The number of nitrogens with one attached hydrogen (secondary N) is 1. The molecular formula is C35H44N2O4S. The van der Waals surface area contributed by atoms with Crippen molar-refractivity contribution in [2.24, 2.45) is 0 Å². The first-order chi connectivity index (χ1) is 20.6. The third-order valence-corrected chi connectivity index (χ3v) is 9.73. The summed E-state index contributed by atoms with van der Waals surface area (Å²) in [6.07, 6.45) is 8.03. The van der Waals surface area contributed by atoms with Crippen LogP contribution in [0, 0.1) is 0 Å². The van der Waals surface area contributed by atoms with E-state index in [1.807, 2.05) is 23.9 Å². The molecule has 0 spiro atoms. The van der Waals surface area contributed by atoms with Crippen LogP contribution in [-0.2, 0) is 18.3 Å². The Morgan fingerprint density at radius 2 is 1.33 bits per heavy atom. The van der Waals surface area contributed by atoms with Crippen LogP contribution < -0.4 is 24.3 Å². The summed E-state index contributed by atoms with van der Waals surface area (Å²) < 4.78 is 22.0. The normalized spacial score (nSPS) is 18.0.